The number of hydrazine groups is 1. The van der Waals surface area contributed by atoms with Crippen LogP contribution < -0.4 is 10.9 Å². The van der Waals surface area contributed by atoms with Gasteiger partial charge in [-0.3, -0.25) is 10.2 Å². The first-order valence-corrected chi connectivity index (χ1v) is 5.14. The van der Waals surface area contributed by atoms with Gasteiger partial charge in [-0.05, 0) is 32.7 Å². The van der Waals surface area contributed by atoms with Gasteiger partial charge in [0, 0.05) is 17.9 Å². The van der Waals surface area contributed by atoms with Crippen LogP contribution in [0.5, 0.6) is 0 Å². The van der Waals surface area contributed by atoms with Crippen molar-refractivity contribution in [2.45, 2.75) is 39.2 Å². The van der Waals surface area contributed by atoms with Crippen molar-refractivity contribution in [3.8, 4) is 0 Å². The van der Waals surface area contributed by atoms with Gasteiger partial charge in [0.2, 0.25) is 5.91 Å². The van der Waals surface area contributed by atoms with E-state index in [0.717, 1.165) is 0 Å². The molecule has 0 heterocycles. The summed E-state index contributed by atoms with van der Waals surface area (Å²) in [6.45, 7) is 5.40. The van der Waals surface area contributed by atoms with Gasteiger partial charge in [-0.25, -0.2) is 10.2 Å². The molecule has 0 aromatic rings. The molecule has 0 saturated heterocycles. The van der Waals surface area contributed by atoms with E-state index in [1.54, 1.807) is 20.8 Å². The Morgan fingerprint density at radius 1 is 1.35 bits per heavy atom. The zero-order valence-electron chi connectivity index (χ0n) is 10.2. The van der Waals surface area contributed by atoms with Crippen LogP contribution in [0, 0.1) is 0 Å². The SMILES string of the molecule is CC(C)(C)OC(=O)NNC(=O)CCCN=[N+]=[N-]. The second kappa shape index (κ2) is 7.34. The van der Waals surface area contributed by atoms with Crippen LogP contribution in [0.3, 0.4) is 0 Å². The van der Waals surface area contributed by atoms with Gasteiger partial charge < -0.3 is 4.74 Å². The molecule has 0 spiro atoms. The van der Waals surface area contributed by atoms with Gasteiger partial charge in [-0.2, -0.15) is 0 Å². The second-order valence-corrected chi connectivity index (χ2v) is 4.23. The summed E-state index contributed by atoms with van der Waals surface area (Å²) in [7, 11) is 0. The summed E-state index contributed by atoms with van der Waals surface area (Å²) in [5, 5.41) is 3.28. The van der Waals surface area contributed by atoms with E-state index in [4.69, 9.17) is 10.3 Å². The smallest absolute Gasteiger partial charge is 0.426 e. The fraction of sp³-hybridized carbons (Fsp3) is 0.778. The summed E-state index contributed by atoms with van der Waals surface area (Å²) in [5.41, 5.74) is 11.7. The number of nitrogens with zero attached hydrogens (tertiary/aromatic N) is 3. The van der Waals surface area contributed by atoms with Crippen molar-refractivity contribution in [3.05, 3.63) is 10.4 Å². The third kappa shape index (κ3) is 10.3. The van der Waals surface area contributed by atoms with Crippen LogP contribution >= 0.6 is 0 Å². The van der Waals surface area contributed by atoms with Gasteiger partial charge in [0.15, 0.2) is 0 Å². The summed E-state index contributed by atoms with van der Waals surface area (Å²) in [6.07, 6.45) is -0.137. The van der Waals surface area contributed by atoms with Gasteiger partial charge in [0.05, 0.1) is 0 Å². The molecule has 0 radical (unpaired) electrons. The third-order valence-corrected chi connectivity index (χ3v) is 1.43. The molecule has 8 heteroatoms. The molecule has 0 aliphatic rings. The van der Waals surface area contributed by atoms with Crippen molar-refractivity contribution in [3.63, 3.8) is 0 Å². The minimum Gasteiger partial charge on any atom is -0.443 e. The van der Waals surface area contributed by atoms with Crippen LogP contribution in [-0.2, 0) is 9.53 Å². The van der Waals surface area contributed by atoms with Crippen LogP contribution in [-0.4, -0.2) is 24.1 Å². The fourth-order valence-electron chi connectivity index (χ4n) is 0.842. The quantitative estimate of drug-likeness (QED) is 0.257. The Bertz CT molecular complexity index is 317. The number of hydrogen-bond donors (Lipinski definition) is 2. The highest BCUT2D eigenvalue weighted by atomic mass is 16.6. The summed E-state index contributed by atoms with van der Waals surface area (Å²) >= 11 is 0. The average molecular weight is 243 g/mol. The lowest BCUT2D eigenvalue weighted by molar-refractivity contribution is -0.122. The van der Waals surface area contributed by atoms with Crippen molar-refractivity contribution in [2.24, 2.45) is 5.11 Å². The molecule has 0 unspecified atom stereocenters. The number of carbonyl (C=O) groups excluding carboxylic acids is 2. The highest BCUT2D eigenvalue weighted by Crippen LogP contribution is 2.05. The number of amides is 2. The Balaban J connectivity index is 3.70. The monoisotopic (exact) mass is 243 g/mol. The minimum absolute atomic E-state index is 0.162. The lowest BCUT2D eigenvalue weighted by Crippen LogP contribution is -2.44. The van der Waals surface area contributed by atoms with E-state index in [1.807, 2.05) is 0 Å². The fourth-order valence-corrected chi connectivity index (χ4v) is 0.842. The normalized spacial score (nSPS) is 10.1. The maximum absolute atomic E-state index is 11.2. The molecular weight excluding hydrogens is 226 g/mol. The van der Waals surface area contributed by atoms with Gasteiger partial charge in [0.25, 0.3) is 0 Å². The van der Waals surface area contributed by atoms with Gasteiger partial charge in [-0.1, -0.05) is 5.11 Å². The number of ether oxygens (including phenoxy) is 1. The Labute approximate surface area is 99.3 Å². The Morgan fingerprint density at radius 3 is 2.53 bits per heavy atom. The Morgan fingerprint density at radius 2 is 2.00 bits per heavy atom. The number of carbonyl (C=O) groups is 2. The lowest BCUT2D eigenvalue weighted by atomic mass is 10.2. The summed E-state index contributed by atoms with van der Waals surface area (Å²) in [5.74, 6) is -0.371. The molecule has 0 fully saturated rings. The molecule has 2 N–H and O–H groups in total. The molecule has 0 atom stereocenters. The minimum atomic E-state index is -0.721. The topological polar surface area (TPSA) is 116 Å². The zero-order valence-corrected chi connectivity index (χ0v) is 10.2. The number of rotatable bonds is 4. The van der Waals surface area contributed by atoms with Crippen LogP contribution in [0.4, 0.5) is 4.79 Å². The third-order valence-electron chi connectivity index (χ3n) is 1.43. The van der Waals surface area contributed by atoms with Crippen molar-refractivity contribution in [1.82, 2.24) is 10.9 Å². The van der Waals surface area contributed by atoms with Crippen LogP contribution in [0.1, 0.15) is 33.6 Å². The van der Waals surface area contributed by atoms with Crippen molar-refractivity contribution < 1.29 is 14.3 Å². The Kier molecular flexibility index (Phi) is 6.50. The lowest BCUT2D eigenvalue weighted by Gasteiger charge is -2.19. The van der Waals surface area contributed by atoms with Crippen LogP contribution in [0.2, 0.25) is 0 Å². The predicted molar refractivity (Wildman–Crippen MR) is 60.8 cm³/mol. The highest BCUT2D eigenvalue weighted by molar-refractivity contribution is 5.79. The molecule has 8 nitrogen and oxygen atoms in total. The first-order valence-electron chi connectivity index (χ1n) is 5.14. The maximum Gasteiger partial charge on any atom is 0.426 e. The average Bonchev–Trinajstić information content (AvgIpc) is 2.19. The first kappa shape index (κ1) is 15.0. The van der Waals surface area contributed by atoms with E-state index in [2.05, 4.69) is 20.9 Å². The Hall–Kier alpha value is -1.95. The van der Waals surface area contributed by atoms with Gasteiger partial charge in [0.1, 0.15) is 5.60 Å². The summed E-state index contributed by atoms with van der Waals surface area (Å²) < 4.78 is 4.90. The molecular formula is C9H17N5O3. The molecule has 0 aromatic heterocycles. The summed E-state index contributed by atoms with van der Waals surface area (Å²) in [4.78, 5) is 24.8. The molecule has 96 valence electrons. The van der Waals surface area contributed by atoms with Gasteiger partial charge >= 0.3 is 6.09 Å². The van der Waals surface area contributed by atoms with E-state index < -0.39 is 11.7 Å². The molecule has 0 rings (SSSR count). The van der Waals surface area contributed by atoms with Crippen LogP contribution in [0.15, 0.2) is 5.11 Å². The molecule has 0 aromatic carbocycles. The van der Waals surface area contributed by atoms with Crippen molar-refractivity contribution in [2.75, 3.05) is 6.54 Å². The standard InChI is InChI=1S/C9H17N5O3/c1-9(2,3)17-8(16)13-12-7(15)5-4-6-11-14-10/h4-6H2,1-3H3,(H,12,15)(H,13,16). The van der Waals surface area contributed by atoms with E-state index >= 15 is 0 Å². The summed E-state index contributed by atoms with van der Waals surface area (Å²) in [6, 6.07) is 0. The van der Waals surface area contributed by atoms with E-state index in [-0.39, 0.29) is 18.9 Å². The van der Waals surface area contributed by atoms with Crippen molar-refractivity contribution >= 4 is 12.0 Å². The number of azide groups is 1. The second-order valence-electron chi connectivity index (χ2n) is 4.23. The maximum atomic E-state index is 11.2. The predicted octanol–water partition coefficient (Wildman–Crippen LogP) is 1.63. The van der Waals surface area contributed by atoms with E-state index in [9.17, 15) is 9.59 Å². The molecule has 0 aliphatic carbocycles. The first-order chi connectivity index (χ1) is 7.85. The molecule has 0 saturated carbocycles. The van der Waals surface area contributed by atoms with E-state index in [1.165, 1.54) is 0 Å². The zero-order chi connectivity index (χ0) is 13.3. The largest absolute Gasteiger partial charge is 0.443 e. The molecule has 2 amide bonds. The van der Waals surface area contributed by atoms with E-state index in [0.29, 0.717) is 6.42 Å². The highest BCUT2D eigenvalue weighted by Gasteiger charge is 2.16. The molecule has 0 aliphatic heterocycles. The van der Waals surface area contributed by atoms with Crippen molar-refractivity contribution in [1.29, 1.82) is 0 Å². The number of hydrogen-bond acceptors (Lipinski definition) is 4. The molecule has 0 bridgehead atoms. The molecule has 17 heavy (non-hydrogen) atoms. The van der Waals surface area contributed by atoms with Crippen LogP contribution in [0.25, 0.3) is 10.4 Å². The number of nitrogens with one attached hydrogen (secondary N) is 2. The van der Waals surface area contributed by atoms with Gasteiger partial charge in [-0.15, -0.1) is 0 Å².